The first kappa shape index (κ1) is 14.9. The molecule has 0 saturated carbocycles. The molecule has 6 heteroatoms. The summed E-state index contributed by atoms with van der Waals surface area (Å²) in [4.78, 5) is 25.0. The zero-order valence-corrected chi connectivity index (χ0v) is 12.1. The molecule has 3 N–H and O–H groups in total. The number of nitrogen functional groups attached to an aromatic ring is 1. The summed E-state index contributed by atoms with van der Waals surface area (Å²) in [6.45, 7) is 1.31. The van der Waals surface area contributed by atoms with Crippen LogP contribution in [0.25, 0.3) is 0 Å². The molecule has 0 aromatic heterocycles. The van der Waals surface area contributed by atoms with Crippen molar-refractivity contribution in [3.63, 3.8) is 0 Å². The number of imide groups is 1. The quantitative estimate of drug-likeness (QED) is 0.834. The summed E-state index contributed by atoms with van der Waals surface area (Å²) < 4.78 is 0. The number of benzene rings is 2. The SMILES string of the molecule is CC(=O)N(C(=O)Nc1cccc(Cl)c1)c1ccc(N)cc1. The standard InChI is InChI=1S/C15H14ClN3O2/c1-10(20)19(14-7-5-12(17)6-8-14)15(21)18-13-4-2-3-11(16)9-13/h2-9H,17H2,1H3,(H,18,21). The van der Waals surface area contributed by atoms with Gasteiger partial charge in [0.25, 0.3) is 0 Å². The van der Waals surface area contributed by atoms with E-state index in [-0.39, 0.29) is 0 Å². The van der Waals surface area contributed by atoms with Crippen molar-refractivity contribution in [2.24, 2.45) is 0 Å². The van der Waals surface area contributed by atoms with E-state index in [0.717, 1.165) is 4.90 Å². The van der Waals surface area contributed by atoms with Crippen LogP contribution in [0.3, 0.4) is 0 Å². The first-order valence-corrected chi connectivity index (χ1v) is 6.58. The second-order valence-electron chi connectivity index (χ2n) is 4.39. The zero-order valence-electron chi connectivity index (χ0n) is 11.3. The molecule has 0 radical (unpaired) electrons. The van der Waals surface area contributed by atoms with Crippen LogP contribution in [0.5, 0.6) is 0 Å². The van der Waals surface area contributed by atoms with Crippen molar-refractivity contribution in [1.29, 1.82) is 0 Å². The molecule has 0 fully saturated rings. The lowest BCUT2D eigenvalue weighted by Crippen LogP contribution is -2.38. The van der Waals surface area contributed by atoms with Gasteiger partial charge in [0.15, 0.2) is 0 Å². The van der Waals surface area contributed by atoms with Crippen LogP contribution in [0.4, 0.5) is 21.9 Å². The average Bonchev–Trinajstić information content (AvgIpc) is 2.41. The van der Waals surface area contributed by atoms with Gasteiger partial charge in [0.05, 0.1) is 5.69 Å². The van der Waals surface area contributed by atoms with Crippen molar-refractivity contribution >= 4 is 40.6 Å². The zero-order chi connectivity index (χ0) is 15.4. The number of carbonyl (C=O) groups is 2. The number of amides is 3. The molecule has 0 spiro atoms. The maximum atomic E-state index is 12.3. The Morgan fingerprint density at radius 1 is 1.14 bits per heavy atom. The molecule has 0 bridgehead atoms. The van der Waals surface area contributed by atoms with Crippen LogP contribution in [0.2, 0.25) is 5.02 Å². The number of nitrogens with one attached hydrogen (secondary N) is 1. The van der Waals surface area contributed by atoms with E-state index in [9.17, 15) is 9.59 Å². The van der Waals surface area contributed by atoms with Crippen LogP contribution in [-0.4, -0.2) is 11.9 Å². The molecular formula is C15H14ClN3O2. The smallest absolute Gasteiger partial charge is 0.333 e. The van der Waals surface area contributed by atoms with E-state index < -0.39 is 11.9 Å². The first-order chi connectivity index (χ1) is 9.97. The van der Waals surface area contributed by atoms with Crippen LogP contribution in [0, 0.1) is 0 Å². The number of urea groups is 1. The number of rotatable bonds is 2. The lowest BCUT2D eigenvalue weighted by atomic mass is 10.2. The molecule has 0 aliphatic rings. The van der Waals surface area contributed by atoms with Gasteiger partial charge >= 0.3 is 6.03 Å². The fourth-order valence-corrected chi connectivity index (χ4v) is 2.00. The highest BCUT2D eigenvalue weighted by Gasteiger charge is 2.20. The molecule has 3 amide bonds. The van der Waals surface area contributed by atoms with Crippen LogP contribution >= 0.6 is 11.6 Å². The summed E-state index contributed by atoms with van der Waals surface area (Å²) in [5.41, 5.74) is 7.10. The molecule has 21 heavy (non-hydrogen) atoms. The van der Waals surface area contributed by atoms with Crippen molar-refractivity contribution < 1.29 is 9.59 Å². The maximum absolute atomic E-state index is 12.3. The van der Waals surface area contributed by atoms with Crippen LogP contribution in [0.15, 0.2) is 48.5 Å². The number of halogens is 1. The normalized spacial score (nSPS) is 10.0. The van der Waals surface area contributed by atoms with Crippen LogP contribution in [0.1, 0.15) is 6.92 Å². The Morgan fingerprint density at radius 2 is 1.81 bits per heavy atom. The number of hydrogen-bond donors (Lipinski definition) is 2. The van der Waals surface area contributed by atoms with Gasteiger partial charge in [-0.25, -0.2) is 9.69 Å². The molecule has 0 atom stereocenters. The average molecular weight is 304 g/mol. The molecule has 0 aliphatic heterocycles. The van der Waals surface area contributed by atoms with Crippen LogP contribution < -0.4 is 16.0 Å². The third-order valence-electron chi connectivity index (χ3n) is 2.75. The van der Waals surface area contributed by atoms with Gasteiger partial charge in [-0.3, -0.25) is 4.79 Å². The fourth-order valence-electron chi connectivity index (χ4n) is 1.81. The largest absolute Gasteiger partial charge is 0.399 e. The van der Waals surface area contributed by atoms with Crippen molar-refractivity contribution in [2.75, 3.05) is 16.0 Å². The fraction of sp³-hybridized carbons (Fsp3) is 0.0667. The Morgan fingerprint density at radius 3 is 2.38 bits per heavy atom. The van der Waals surface area contributed by atoms with E-state index in [2.05, 4.69) is 5.32 Å². The second-order valence-corrected chi connectivity index (χ2v) is 4.82. The molecule has 0 saturated heterocycles. The highest BCUT2D eigenvalue weighted by molar-refractivity contribution is 6.31. The van der Waals surface area contributed by atoms with Crippen LogP contribution in [-0.2, 0) is 4.79 Å². The summed E-state index contributed by atoms with van der Waals surface area (Å²) in [6, 6.07) is 12.6. The summed E-state index contributed by atoms with van der Waals surface area (Å²) in [5, 5.41) is 3.12. The Hall–Kier alpha value is -2.53. The molecule has 0 unspecified atom stereocenters. The third kappa shape index (κ3) is 3.73. The number of carbonyl (C=O) groups excluding carboxylic acids is 2. The molecule has 0 heterocycles. The highest BCUT2D eigenvalue weighted by atomic mass is 35.5. The predicted octanol–water partition coefficient (Wildman–Crippen LogP) is 3.51. The number of nitrogens with zero attached hydrogens (tertiary/aromatic N) is 1. The van der Waals surface area contributed by atoms with E-state index in [1.807, 2.05) is 0 Å². The lowest BCUT2D eigenvalue weighted by Gasteiger charge is -2.20. The molecule has 108 valence electrons. The van der Waals surface area contributed by atoms with E-state index in [0.29, 0.717) is 22.1 Å². The van der Waals surface area contributed by atoms with E-state index in [1.54, 1.807) is 48.5 Å². The second kappa shape index (κ2) is 6.28. The van der Waals surface area contributed by atoms with Crippen molar-refractivity contribution in [3.05, 3.63) is 53.6 Å². The monoisotopic (exact) mass is 303 g/mol. The molecule has 2 aromatic carbocycles. The third-order valence-corrected chi connectivity index (χ3v) is 2.98. The summed E-state index contributed by atoms with van der Waals surface area (Å²) >= 11 is 5.86. The van der Waals surface area contributed by atoms with Gasteiger partial charge in [-0.1, -0.05) is 17.7 Å². The van der Waals surface area contributed by atoms with Crippen molar-refractivity contribution in [3.8, 4) is 0 Å². The number of anilines is 3. The molecule has 5 nitrogen and oxygen atoms in total. The number of nitrogens with two attached hydrogens (primary N) is 1. The van der Waals surface area contributed by atoms with Gasteiger partial charge in [0, 0.05) is 23.3 Å². The molecular weight excluding hydrogens is 290 g/mol. The predicted molar refractivity (Wildman–Crippen MR) is 84.5 cm³/mol. The Balaban J connectivity index is 2.24. The van der Waals surface area contributed by atoms with E-state index >= 15 is 0 Å². The van der Waals surface area contributed by atoms with Gasteiger partial charge in [-0.05, 0) is 42.5 Å². The summed E-state index contributed by atoms with van der Waals surface area (Å²) in [7, 11) is 0. The van der Waals surface area contributed by atoms with Crippen molar-refractivity contribution in [1.82, 2.24) is 0 Å². The minimum atomic E-state index is -0.561. The molecule has 0 aliphatic carbocycles. The summed E-state index contributed by atoms with van der Waals surface area (Å²) in [6.07, 6.45) is 0. The molecule has 2 aromatic rings. The van der Waals surface area contributed by atoms with E-state index in [1.165, 1.54) is 6.92 Å². The maximum Gasteiger partial charge on any atom is 0.333 e. The van der Waals surface area contributed by atoms with Gasteiger partial charge in [0.2, 0.25) is 5.91 Å². The first-order valence-electron chi connectivity index (χ1n) is 6.20. The van der Waals surface area contributed by atoms with Crippen molar-refractivity contribution in [2.45, 2.75) is 6.92 Å². The lowest BCUT2D eigenvalue weighted by molar-refractivity contribution is -0.115. The Kier molecular flexibility index (Phi) is 4.45. The summed E-state index contributed by atoms with van der Waals surface area (Å²) in [5.74, 6) is -0.403. The van der Waals surface area contributed by atoms with Gasteiger partial charge in [-0.2, -0.15) is 0 Å². The Bertz CT molecular complexity index is 671. The minimum Gasteiger partial charge on any atom is -0.399 e. The molecule has 2 rings (SSSR count). The van der Waals surface area contributed by atoms with E-state index in [4.69, 9.17) is 17.3 Å². The topological polar surface area (TPSA) is 75.4 Å². The highest BCUT2D eigenvalue weighted by Crippen LogP contribution is 2.20. The minimum absolute atomic E-state index is 0.403. The Labute approximate surface area is 127 Å². The van der Waals surface area contributed by atoms with Gasteiger partial charge in [-0.15, -0.1) is 0 Å². The number of hydrogen-bond acceptors (Lipinski definition) is 3. The van der Waals surface area contributed by atoms with Gasteiger partial charge in [0.1, 0.15) is 0 Å². The van der Waals surface area contributed by atoms with Gasteiger partial charge < -0.3 is 11.1 Å².